The van der Waals surface area contributed by atoms with Gasteiger partial charge >= 0.3 is 11.8 Å². The Morgan fingerprint density at radius 3 is 2.60 bits per heavy atom. The lowest BCUT2D eigenvalue weighted by Gasteiger charge is -2.20. The molecule has 1 atom stereocenters. The first-order valence-corrected chi connectivity index (χ1v) is 7.75. The van der Waals surface area contributed by atoms with Crippen LogP contribution < -0.4 is 10.6 Å². The summed E-state index contributed by atoms with van der Waals surface area (Å²) in [6.07, 6.45) is 1.48. The van der Waals surface area contributed by atoms with Crippen LogP contribution in [0, 0.1) is 0 Å². The van der Waals surface area contributed by atoms with Gasteiger partial charge in [-0.25, -0.2) is 0 Å². The smallest absolute Gasteiger partial charge is 0.309 e. The first kappa shape index (κ1) is 16.8. The van der Waals surface area contributed by atoms with E-state index >= 15 is 0 Å². The second-order valence-electron chi connectivity index (χ2n) is 5.87. The highest BCUT2D eigenvalue weighted by atomic mass is 16.4. The van der Waals surface area contributed by atoms with E-state index < -0.39 is 17.4 Å². The zero-order valence-electron chi connectivity index (χ0n) is 13.6. The van der Waals surface area contributed by atoms with Gasteiger partial charge < -0.3 is 24.6 Å². The van der Waals surface area contributed by atoms with Gasteiger partial charge in [-0.15, -0.1) is 0 Å². The zero-order chi connectivity index (χ0) is 17.9. The van der Waals surface area contributed by atoms with E-state index in [1.165, 1.54) is 13.2 Å². The van der Waals surface area contributed by atoms with Crippen LogP contribution in [0.15, 0.2) is 57.6 Å². The molecule has 130 valence electrons. The summed E-state index contributed by atoms with van der Waals surface area (Å²) < 4.78 is 10.7. The number of hydrogen-bond donors (Lipinski definition) is 3. The van der Waals surface area contributed by atoms with E-state index in [9.17, 15) is 14.7 Å². The van der Waals surface area contributed by atoms with Crippen molar-refractivity contribution < 1.29 is 23.5 Å². The lowest BCUT2D eigenvalue weighted by atomic mass is 10.0. The first-order chi connectivity index (χ1) is 12.0. The van der Waals surface area contributed by atoms with E-state index in [0.717, 1.165) is 5.39 Å². The largest absolute Gasteiger partial charge is 0.467 e. The molecule has 0 aliphatic heterocycles. The van der Waals surface area contributed by atoms with E-state index in [2.05, 4.69) is 10.6 Å². The Hall–Kier alpha value is -3.06. The van der Waals surface area contributed by atoms with E-state index in [0.29, 0.717) is 17.1 Å². The highest BCUT2D eigenvalue weighted by Crippen LogP contribution is 2.27. The summed E-state index contributed by atoms with van der Waals surface area (Å²) >= 11 is 0. The monoisotopic (exact) mass is 342 g/mol. The van der Waals surface area contributed by atoms with E-state index in [1.54, 1.807) is 24.3 Å². The van der Waals surface area contributed by atoms with Gasteiger partial charge in [-0.3, -0.25) is 9.59 Å². The van der Waals surface area contributed by atoms with Gasteiger partial charge in [0.1, 0.15) is 22.7 Å². The number of amides is 2. The fourth-order valence-electron chi connectivity index (χ4n) is 2.33. The third-order valence-corrected chi connectivity index (χ3v) is 3.76. The van der Waals surface area contributed by atoms with Crippen LogP contribution >= 0.6 is 0 Å². The Balaban J connectivity index is 1.57. The number of hydrogen-bond acceptors (Lipinski definition) is 5. The van der Waals surface area contributed by atoms with Crippen LogP contribution in [0.1, 0.15) is 18.4 Å². The summed E-state index contributed by atoms with van der Waals surface area (Å²) in [6, 6.07) is 12.4. The summed E-state index contributed by atoms with van der Waals surface area (Å²) in [6.45, 7) is 1.45. The molecule has 0 radical (unpaired) electrons. The van der Waals surface area contributed by atoms with Crippen molar-refractivity contribution in [1.82, 2.24) is 10.6 Å². The van der Waals surface area contributed by atoms with Crippen LogP contribution in [0.25, 0.3) is 11.0 Å². The number of carbonyl (C=O) groups excluding carboxylic acids is 2. The Labute approximate surface area is 143 Å². The van der Waals surface area contributed by atoms with Crippen molar-refractivity contribution in [2.45, 2.75) is 19.1 Å². The van der Waals surface area contributed by atoms with Gasteiger partial charge in [0, 0.05) is 5.39 Å². The number of carbonyl (C=O) groups is 2. The Kier molecular flexibility index (Phi) is 4.58. The minimum atomic E-state index is -1.45. The second-order valence-corrected chi connectivity index (χ2v) is 5.87. The quantitative estimate of drug-likeness (QED) is 0.612. The minimum absolute atomic E-state index is 0.110. The SMILES string of the molecule is CC(O)(CNC(=O)C(=O)NCc1ccco1)c1cc2ccccc2o1. The molecule has 0 fully saturated rings. The van der Waals surface area contributed by atoms with E-state index in [-0.39, 0.29) is 13.1 Å². The van der Waals surface area contributed by atoms with Crippen LogP contribution in [0.4, 0.5) is 0 Å². The Morgan fingerprint density at radius 2 is 1.88 bits per heavy atom. The van der Waals surface area contributed by atoms with Gasteiger partial charge in [-0.1, -0.05) is 18.2 Å². The topological polar surface area (TPSA) is 105 Å². The molecule has 0 saturated heterocycles. The van der Waals surface area contributed by atoms with Crippen molar-refractivity contribution in [2.75, 3.05) is 6.54 Å². The average Bonchev–Trinajstić information content (AvgIpc) is 3.26. The molecule has 7 heteroatoms. The summed E-state index contributed by atoms with van der Waals surface area (Å²) in [5.74, 6) is -0.805. The highest BCUT2D eigenvalue weighted by Gasteiger charge is 2.29. The van der Waals surface area contributed by atoms with Crippen molar-refractivity contribution in [3.8, 4) is 0 Å². The zero-order valence-corrected chi connectivity index (χ0v) is 13.6. The van der Waals surface area contributed by atoms with Crippen LogP contribution in [0.3, 0.4) is 0 Å². The maximum atomic E-state index is 11.9. The average molecular weight is 342 g/mol. The maximum Gasteiger partial charge on any atom is 0.309 e. The van der Waals surface area contributed by atoms with Gasteiger partial charge in [0.15, 0.2) is 0 Å². The van der Waals surface area contributed by atoms with Gasteiger partial charge in [0.2, 0.25) is 0 Å². The van der Waals surface area contributed by atoms with Crippen molar-refractivity contribution in [3.05, 3.63) is 60.2 Å². The summed E-state index contributed by atoms with van der Waals surface area (Å²) in [5.41, 5.74) is -0.809. The number of nitrogens with one attached hydrogen (secondary N) is 2. The summed E-state index contributed by atoms with van der Waals surface area (Å²) in [5, 5.41) is 16.2. The predicted octanol–water partition coefficient (Wildman–Crippen LogP) is 1.67. The molecule has 25 heavy (non-hydrogen) atoms. The molecule has 1 aromatic carbocycles. The van der Waals surface area contributed by atoms with E-state index in [4.69, 9.17) is 8.83 Å². The molecule has 0 aliphatic rings. The lowest BCUT2D eigenvalue weighted by molar-refractivity contribution is -0.140. The maximum absolute atomic E-state index is 11.9. The third kappa shape index (κ3) is 3.89. The van der Waals surface area contributed by atoms with Crippen molar-refractivity contribution in [1.29, 1.82) is 0 Å². The van der Waals surface area contributed by atoms with Gasteiger partial charge in [-0.05, 0) is 31.2 Å². The molecule has 1 unspecified atom stereocenters. The number of rotatable bonds is 5. The predicted molar refractivity (Wildman–Crippen MR) is 89.3 cm³/mol. The second kappa shape index (κ2) is 6.82. The normalized spacial score (nSPS) is 13.4. The highest BCUT2D eigenvalue weighted by molar-refractivity contribution is 6.35. The Morgan fingerprint density at radius 1 is 1.12 bits per heavy atom. The van der Waals surface area contributed by atoms with E-state index in [1.807, 2.05) is 18.2 Å². The molecule has 7 nitrogen and oxygen atoms in total. The summed E-state index contributed by atoms with van der Waals surface area (Å²) in [7, 11) is 0. The lowest BCUT2D eigenvalue weighted by Crippen LogP contribution is -2.45. The number of fused-ring (bicyclic) bond motifs is 1. The number of furan rings is 2. The molecule has 3 rings (SSSR count). The van der Waals surface area contributed by atoms with Crippen LogP contribution in [0.2, 0.25) is 0 Å². The molecule has 2 heterocycles. The molecular formula is C18H18N2O5. The van der Waals surface area contributed by atoms with Crippen LogP contribution in [-0.2, 0) is 21.7 Å². The van der Waals surface area contributed by atoms with Crippen molar-refractivity contribution >= 4 is 22.8 Å². The first-order valence-electron chi connectivity index (χ1n) is 7.75. The van der Waals surface area contributed by atoms with Gasteiger partial charge in [0.25, 0.3) is 0 Å². The molecule has 0 spiro atoms. The fraction of sp³-hybridized carbons (Fsp3) is 0.222. The molecule has 2 amide bonds. The van der Waals surface area contributed by atoms with Crippen molar-refractivity contribution in [3.63, 3.8) is 0 Å². The Bertz CT molecular complexity index is 847. The molecule has 3 aromatic rings. The summed E-state index contributed by atoms with van der Waals surface area (Å²) in [4.78, 5) is 23.6. The minimum Gasteiger partial charge on any atom is -0.467 e. The van der Waals surface area contributed by atoms with Crippen molar-refractivity contribution in [2.24, 2.45) is 0 Å². The molecule has 2 aromatic heterocycles. The van der Waals surface area contributed by atoms with Crippen LogP contribution in [0.5, 0.6) is 0 Å². The fourth-order valence-corrected chi connectivity index (χ4v) is 2.33. The standard InChI is InChI=1S/C18H18N2O5/c1-18(23,15-9-12-5-2-3-7-14(12)25-15)11-20-17(22)16(21)19-10-13-6-4-8-24-13/h2-9,23H,10-11H2,1H3,(H,19,21)(H,20,22). The molecule has 0 bridgehead atoms. The molecule has 0 saturated carbocycles. The number of para-hydroxylation sites is 1. The third-order valence-electron chi connectivity index (χ3n) is 3.76. The number of aliphatic hydroxyl groups is 1. The molecular weight excluding hydrogens is 324 g/mol. The molecule has 3 N–H and O–H groups in total. The molecule has 0 aliphatic carbocycles. The van der Waals surface area contributed by atoms with Gasteiger partial charge in [-0.2, -0.15) is 0 Å². The van der Waals surface area contributed by atoms with Gasteiger partial charge in [0.05, 0.1) is 19.4 Å². The van der Waals surface area contributed by atoms with Crippen LogP contribution in [-0.4, -0.2) is 23.5 Å². The number of benzene rings is 1.